The molecule has 0 spiro atoms. The summed E-state index contributed by atoms with van der Waals surface area (Å²) in [6, 6.07) is 10.0. The Morgan fingerprint density at radius 3 is 2.29 bits per heavy atom. The molecule has 1 heterocycles. The summed E-state index contributed by atoms with van der Waals surface area (Å²) in [6.45, 7) is 4.26. The largest absolute Gasteiger partial charge is 0.497 e. The van der Waals surface area contributed by atoms with Gasteiger partial charge in [0.05, 0.1) is 10.7 Å². The van der Waals surface area contributed by atoms with Crippen LogP contribution in [0.15, 0.2) is 34.7 Å². The third kappa shape index (κ3) is 2.65. The lowest BCUT2D eigenvalue weighted by atomic mass is 10.1. The Balaban J connectivity index is 2.38. The van der Waals surface area contributed by atoms with E-state index in [0.29, 0.717) is 5.92 Å². The highest BCUT2D eigenvalue weighted by molar-refractivity contribution is 14.1. The van der Waals surface area contributed by atoms with Gasteiger partial charge in [0.25, 0.3) is 0 Å². The first-order chi connectivity index (χ1) is 8.11. The van der Waals surface area contributed by atoms with E-state index in [1.165, 1.54) is 0 Å². The molecule has 0 fully saturated rings. The maximum Gasteiger partial charge on any atom is 0.147 e. The third-order valence-corrected chi connectivity index (χ3v) is 3.43. The molecule has 1 aromatic heterocycles. The summed E-state index contributed by atoms with van der Waals surface area (Å²) in [4.78, 5) is 0. The van der Waals surface area contributed by atoms with Gasteiger partial charge in [-0.25, -0.2) is 0 Å². The zero-order chi connectivity index (χ0) is 12.4. The van der Waals surface area contributed by atoms with E-state index in [1.54, 1.807) is 7.11 Å². The van der Waals surface area contributed by atoms with Gasteiger partial charge in [0, 0.05) is 11.5 Å². The zero-order valence-corrected chi connectivity index (χ0v) is 12.3. The van der Waals surface area contributed by atoms with Crippen molar-refractivity contribution in [2.75, 3.05) is 7.11 Å². The average Bonchev–Trinajstić information content (AvgIpc) is 2.72. The van der Waals surface area contributed by atoms with E-state index in [2.05, 4.69) is 42.5 Å². The molecule has 0 atom stereocenters. The number of halogens is 1. The molecular weight excluding hydrogens is 327 g/mol. The van der Waals surface area contributed by atoms with Crippen LogP contribution in [0.4, 0.5) is 0 Å². The van der Waals surface area contributed by atoms with Crippen molar-refractivity contribution < 1.29 is 9.15 Å². The van der Waals surface area contributed by atoms with Crippen molar-refractivity contribution in [2.24, 2.45) is 0 Å². The van der Waals surface area contributed by atoms with Crippen LogP contribution in [-0.2, 0) is 0 Å². The molecule has 2 nitrogen and oxygen atoms in total. The van der Waals surface area contributed by atoms with Crippen molar-refractivity contribution in [1.82, 2.24) is 0 Å². The van der Waals surface area contributed by atoms with Crippen molar-refractivity contribution in [3.05, 3.63) is 39.7 Å². The summed E-state index contributed by atoms with van der Waals surface area (Å²) in [5, 5.41) is 0. The number of hydrogen-bond acceptors (Lipinski definition) is 2. The van der Waals surface area contributed by atoms with Crippen LogP contribution in [0.1, 0.15) is 25.5 Å². The van der Waals surface area contributed by atoms with Crippen LogP contribution in [-0.4, -0.2) is 7.11 Å². The lowest BCUT2D eigenvalue weighted by Crippen LogP contribution is -1.83. The standard InChI is InChI=1S/C14H15IO2/c1-9(2)13-8-12(15)14(17-13)10-4-6-11(16-3)7-5-10/h4-9H,1-3H3. The second kappa shape index (κ2) is 5.12. The van der Waals surface area contributed by atoms with Gasteiger partial charge in [-0.2, -0.15) is 0 Å². The molecule has 1 aromatic carbocycles. The minimum Gasteiger partial charge on any atom is -0.497 e. The molecule has 0 radical (unpaired) electrons. The monoisotopic (exact) mass is 342 g/mol. The Morgan fingerprint density at radius 1 is 1.18 bits per heavy atom. The second-order valence-corrected chi connectivity index (χ2v) is 5.37. The Kier molecular flexibility index (Phi) is 3.76. The predicted octanol–water partition coefficient (Wildman–Crippen LogP) is 4.68. The summed E-state index contributed by atoms with van der Waals surface area (Å²) in [6.07, 6.45) is 0. The normalized spacial score (nSPS) is 10.9. The topological polar surface area (TPSA) is 22.4 Å². The highest BCUT2D eigenvalue weighted by atomic mass is 127. The quantitative estimate of drug-likeness (QED) is 0.756. The number of rotatable bonds is 3. The fraction of sp³-hybridized carbons (Fsp3) is 0.286. The van der Waals surface area contributed by atoms with Crippen molar-refractivity contribution in [3.8, 4) is 17.1 Å². The Labute approximate surface area is 115 Å². The first-order valence-corrected chi connectivity index (χ1v) is 6.63. The SMILES string of the molecule is COc1ccc(-c2oc(C(C)C)cc2I)cc1. The van der Waals surface area contributed by atoms with Crippen LogP contribution in [0.25, 0.3) is 11.3 Å². The molecule has 2 aromatic rings. The van der Waals surface area contributed by atoms with E-state index >= 15 is 0 Å². The highest BCUT2D eigenvalue weighted by Crippen LogP contribution is 2.32. The molecule has 0 unspecified atom stereocenters. The van der Waals surface area contributed by atoms with E-state index in [4.69, 9.17) is 9.15 Å². The van der Waals surface area contributed by atoms with Gasteiger partial charge in [-0.05, 0) is 52.9 Å². The summed E-state index contributed by atoms with van der Waals surface area (Å²) < 4.78 is 12.2. The van der Waals surface area contributed by atoms with Gasteiger partial charge < -0.3 is 9.15 Å². The first kappa shape index (κ1) is 12.5. The lowest BCUT2D eigenvalue weighted by molar-refractivity contribution is 0.415. The van der Waals surface area contributed by atoms with Gasteiger partial charge in [-0.3, -0.25) is 0 Å². The van der Waals surface area contributed by atoms with Gasteiger partial charge in [-0.15, -0.1) is 0 Å². The number of ether oxygens (including phenoxy) is 1. The summed E-state index contributed by atoms with van der Waals surface area (Å²) >= 11 is 2.31. The molecule has 2 rings (SSSR count). The molecule has 0 amide bonds. The van der Waals surface area contributed by atoms with Gasteiger partial charge >= 0.3 is 0 Å². The predicted molar refractivity (Wildman–Crippen MR) is 77.5 cm³/mol. The molecule has 17 heavy (non-hydrogen) atoms. The van der Waals surface area contributed by atoms with Gasteiger partial charge in [-0.1, -0.05) is 13.8 Å². The lowest BCUT2D eigenvalue weighted by Gasteiger charge is -2.02. The average molecular weight is 342 g/mol. The highest BCUT2D eigenvalue weighted by Gasteiger charge is 2.13. The van der Waals surface area contributed by atoms with E-state index in [9.17, 15) is 0 Å². The Hall–Kier alpha value is -0.970. The van der Waals surface area contributed by atoms with E-state index in [-0.39, 0.29) is 0 Å². The Bertz CT molecular complexity index is 497. The van der Waals surface area contributed by atoms with E-state index in [1.807, 2.05) is 24.3 Å². The first-order valence-electron chi connectivity index (χ1n) is 5.55. The molecule has 0 aliphatic heterocycles. The molecule has 0 bridgehead atoms. The van der Waals surface area contributed by atoms with Gasteiger partial charge in [0.15, 0.2) is 0 Å². The maximum absolute atomic E-state index is 5.89. The fourth-order valence-corrected chi connectivity index (χ4v) is 2.34. The Morgan fingerprint density at radius 2 is 1.82 bits per heavy atom. The van der Waals surface area contributed by atoms with E-state index in [0.717, 1.165) is 26.4 Å². The molecular formula is C14H15IO2. The minimum absolute atomic E-state index is 0.413. The summed E-state index contributed by atoms with van der Waals surface area (Å²) in [5.41, 5.74) is 1.09. The minimum atomic E-state index is 0.413. The van der Waals surface area contributed by atoms with E-state index < -0.39 is 0 Å². The fourth-order valence-electron chi connectivity index (χ4n) is 1.61. The molecule has 90 valence electrons. The van der Waals surface area contributed by atoms with Crippen molar-refractivity contribution in [1.29, 1.82) is 0 Å². The van der Waals surface area contributed by atoms with Crippen LogP contribution in [0.3, 0.4) is 0 Å². The van der Waals surface area contributed by atoms with Crippen LogP contribution < -0.4 is 4.74 Å². The van der Waals surface area contributed by atoms with Crippen molar-refractivity contribution in [3.63, 3.8) is 0 Å². The van der Waals surface area contributed by atoms with Crippen LogP contribution in [0.5, 0.6) is 5.75 Å². The summed E-state index contributed by atoms with van der Waals surface area (Å²) in [7, 11) is 1.67. The van der Waals surface area contributed by atoms with Crippen molar-refractivity contribution >= 4 is 22.6 Å². The smallest absolute Gasteiger partial charge is 0.147 e. The molecule has 0 saturated carbocycles. The number of methoxy groups -OCH3 is 1. The van der Waals surface area contributed by atoms with Crippen LogP contribution in [0, 0.1) is 3.57 Å². The molecule has 0 saturated heterocycles. The molecule has 3 heteroatoms. The van der Waals surface area contributed by atoms with Crippen LogP contribution in [0.2, 0.25) is 0 Å². The van der Waals surface area contributed by atoms with Crippen LogP contribution >= 0.6 is 22.6 Å². The number of benzene rings is 1. The molecule has 0 aliphatic carbocycles. The zero-order valence-electron chi connectivity index (χ0n) is 10.2. The summed E-state index contributed by atoms with van der Waals surface area (Å²) in [5.74, 6) is 3.24. The number of furan rings is 1. The third-order valence-electron chi connectivity index (χ3n) is 2.63. The maximum atomic E-state index is 5.89. The van der Waals surface area contributed by atoms with Gasteiger partial charge in [0.1, 0.15) is 17.3 Å². The second-order valence-electron chi connectivity index (χ2n) is 4.21. The van der Waals surface area contributed by atoms with Crippen molar-refractivity contribution in [2.45, 2.75) is 19.8 Å². The molecule has 0 N–H and O–H groups in total. The molecule has 0 aliphatic rings. The van der Waals surface area contributed by atoms with Gasteiger partial charge in [0.2, 0.25) is 0 Å². The number of hydrogen-bond donors (Lipinski definition) is 0.